The van der Waals surface area contributed by atoms with Gasteiger partial charge in [0.1, 0.15) is 5.82 Å². The third kappa shape index (κ3) is 2.41. The molecule has 0 aliphatic heterocycles. The Kier molecular flexibility index (Phi) is 3.62. The van der Waals surface area contributed by atoms with Crippen LogP contribution in [-0.2, 0) is 6.61 Å². The van der Waals surface area contributed by atoms with Gasteiger partial charge in [-0.2, -0.15) is 0 Å². The predicted molar refractivity (Wildman–Crippen MR) is 65.6 cm³/mol. The van der Waals surface area contributed by atoms with E-state index in [1.807, 2.05) is 0 Å². The lowest BCUT2D eigenvalue weighted by Gasteiger charge is -2.07. The van der Waals surface area contributed by atoms with Gasteiger partial charge in [-0.25, -0.2) is 4.39 Å². The lowest BCUT2D eigenvalue weighted by molar-refractivity contribution is 0.275. The SMILES string of the molecule is OCc1cc(-c2c(Cl)cccc2Cl)ncc1F. The number of aliphatic hydroxyl groups is 1. The van der Waals surface area contributed by atoms with Gasteiger partial charge in [-0.1, -0.05) is 29.3 Å². The van der Waals surface area contributed by atoms with Crippen LogP contribution in [0.3, 0.4) is 0 Å². The third-order valence-electron chi connectivity index (χ3n) is 2.32. The Hall–Kier alpha value is -1.16. The highest BCUT2D eigenvalue weighted by atomic mass is 35.5. The molecule has 88 valence electrons. The number of aliphatic hydroxyl groups excluding tert-OH is 1. The molecule has 17 heavy (non-hydrogen) atoms. The van der Waals surface area contributed by atoms with Crippen LogP contribution in [0.5, 0.6) is 0 Å². The van der Waals surface area contributed by atoms with Crippen molar-refractivity contribution in [2.75, 3.05) is 0 Å². The lowest BCUT2D eigenvalue weighted by atomic mass is 10.1. The molecule has 2 aromatic rings. The number of rotatable bonds is 2. The van der Waals surface area contributed by atoms with Crippen LogP contribution in [0.25, 0.3) is 11.3 Å². The highest BCUT2D eigenvalue weighted by Crippen LogP contribution is 2.33. The minimum absolute atomic E-state index is 0.158. The highest BCUT2D eigenvalue weighted by molar-refractivity contribution is 6.39. The molecule has 0 radical (unpaired) electrons. The van der Waals surface area contributed by atoms with Crippen molar-refractivity contribution in [2.24, 2.45) is 0 Å². The van der Waals surface area contributed by atoms with E-state index in [0.29, 0.717) is 21.3 Å². The van der Waals surface area contributed by atoms with E-state index in [1.165, 1.54) is 6.07 Å². The molecule has 0 amide bonds. The minimum Gasteiger partial charge on any atom is -0.392 e. The summed E-state index contributed by atoms with van der Waals surface area (Å²) in [6.07, 6.45) is 1.04. The van der Waals surface area contributed by atoms with E-state index in [4.69, 9.17) is 28.3 Å². The van der Waals surface area contributed by atoms with Crippen LogP contribution in [-0.4, -0.2) is 10.1 Å². The fourth-order valence-electron chi connectivity index (χ4n) is 1.48. The standard InChI is InChI=1S/C12H8Cl2FNO/c13-8-2-1-3-9(14)12(8)11-4-7(6-17)10(15)5-16-11/h1-5,17H,6H2. The summed E-state index contributed by atoms with van der Waals surface area (Å²) in [7, 11) is 0. The molecule has 1 heterocycles. The number of halogens is 3. The largest absolute Gasteiger partial charge is 0.392 e. The van der Waals surface area contributed by atoms with Crippen molar-refractivity contribution in [1.82, 2.24) is 4.98 Å². The van der Waals surface area contributed by atoms with E-state index in [9.17, 15) is 4.39 Å². The van der Waals surface area contributed by atoms with Crippen LogP contribution in [0.4, 0.5) is 4.39 Å². The molecule has 0 saturated carbocycles. The molecule has 0 aliphatic rings. The summed E-state index contributed by atoms with van der Waals surface area (Å²) in [6, 6.07) is 6.49. The molecule has 0 bridgehead atoms. The molecule has 0 spiro atoms. The van der Waals surface area contributed by atoms with E-state index in [-0.39, 0.29) is 5.56 Å². The molecule has 0 unspecified atom stereocenters. The molecule has 1 aromatic heterocycles. The van der Waals surface area contributed by atoms with Gasteiger partial charge in [0.15, 0.2) is 0 Å². The summed E-state index contributed by atoms with van der Waals surface area (Å²) < 4.78 is 13.2. The van der Waals surface area contributed by atoms with Crippen molar-refractivity contribution < 1.29 is 9.50 Å². The Morgan fingerprint density at radius 3 is 2.47 bits per heavy atom. The molecule has 1 N–H and O–H groups in total. The van der Waals surface area contributed by atoms with E-state index in [2.05, 4.69) is 4.98 Å². The van der Waals surface area contributed by atoms with Crippen molar-refractivity contribution in [3.8, 4) is 11.3 Å². The molecular formula is C12H8Cl2FNO. The van der Waals surface area contributed by atoms with Crippen LogP contribution in [0.15, 0.2) is 30.5 Å². The van der Waals surface area contributed by atoms with Crippen LogP contribution >= 0.6 is 23.2 Å². The smallest absolute Gasteiger partial charge is 0.147 e. The lowest BCUT2D eigenvalue weighted by Crippen LogP contribution is -1.94. The van der Waals surface area contributed by atoms with Gasteiger partial charge in [0.05, 0.1) is 28.5 Å². The van der Waals surface area contributed by atoms with Gasteiger partial charge in [-0.15, -0.1) is 0 Å². The first kappa shape index (κ1) is 12.3. The average molecular weight is 272 g/mol. The maximum Gasteiger partial charge on any atom is 0.147 e. The van der Waals surface area contributed by atoms with E-state index in [0.717, 1.165) is 6.20 Å². The predicted octanol–water partition coefficient (Wildman–Crippen LogP) is 3.69. The van der Waals surface area contributed by atoms with Gasteiger partial charge < -0.3 is 5.11 Å². The van der Waals surface area contributed by atoms with Gasteiger partial charge in [-0.3, -0.25) is 4.98 Å². The number of hydrogen-bond donors (Lipinski definition) is 1. The highest BCUT2D eigenvalue weighted by Gasteiger charge is 2.11. The Labute approximate surface area is 108 Å². The van der Waals surface area contributed by atoms with E-state index in [1.54, 1.807) is 18.2 Å². The van der Waals surface area contributed by atoms with Crippen molar-refractivity contribution in [1.29, 1.82) is 0 Å². The second-order valence-electron chi connectivity index (χ2n) is 3.42. The van der Waals surface area contributed by atoms with Crippen molar-refractivity contribution >= 4 is 23.2 Å². The zero-order valence-corrected chi connectivity index (χ0v) is 10.1. The van der Waals surface area contributed by atoms with Gasteiger partial charge in [0.2, 0.25) is 0 Å². The minimum atomic E-state index is -0.556. The number of nitrogens with zero attached hydrogens (tertiary/aromatic N) is 1. The van der Waals surface area contributed by atoms with Crippen molar-refractivity contribution in [2.45, 2.75) is 6.61 Å². The number of hydrogen-bond acceptors (Lipinski definition) is 2. The van der Waals surface area contributed by atoms with Gasteiger partial charge in [0, 0.05) is 11.1 Å². The Bertz CT molecular complexity index is 540. The summed E-state index contributed by atoms with van der Waals surface area (Å²) in [5, 5.41) is 9.86. The second kappa shape index (κ2) is 5.00. The fraction of sp³-hybridized carbons (Fsp3) is 0.0833. The normalized spacial score (nSPS) is 10.6. The quantitative estimate of drug-likeness (QED) is 0.904. The van der Waals surface area contributed by atoms with Gasteiger partial charge in [-0.05, 0) is 18.2 Å². The molecule has 0 fully saturated rings. The van der Waals surface area contributed by atoms with Crippen LogP contribution in [0, 0.1) is 5.82 Å². The Morgan fingerprint density at radius 1 is 1.24 bits per heavy atom. The topological polar surface area (TPSA) is 33.1 Å². The number of aromatic nitrogens is 1. The first-order valence-corrected chi connectivity index (χ1v) is 5.58. The van der Waals surface area contributed by atoms with Crippen LogP contribution in [0.2, 0.25) is 10.0 Å². The van der Waals surface area contributed by atoms with Gasteiger partial charge in [0.25, 0.3) is 0 Å². The van der Waals surface area contributed by atoms with E-state index < -0.39 is 12.4 Å². The van der Waals surface area contributed by atoms with Gasteiger partial charge >= 0.3 is 0 Å². The monoisotopic (exact) mass is 271 g/mol. The summed E-state index contributed by atoms with van der Waals surface area (Å²) in [6.45, 7) is -0.399. The second-order valence-corrected chi connectivity index (χ2v) is 4.23. The molecule has 1 aromatic carbocycles. The Balaban J connectivity index is 2.61. The molecule has 0 atom stereocenters. The van der Waals surface area contributed by atoms with Crippen LogP contribution in [0.1, 0.15) is 5.56 Å². The number of benzene rings is 1. The molecule has 5 heteroatoms. The molecule has 0 aliphatic carbocycles. The molecule has 2 nitrogen and oxygen atoms in total. The molecular weight excluding hydrogens is 264 g/mol. The van der Waals surface area contributed by atoms with Crippen molar-refractivity contribution in [3.63, 3.8) is 0 Å². The maximum absolute atomic E-state index is 13.2. The summed E-state index contributed by atoms with van der Waals surface area (Å²) >= 11 is 12.0. The summed E-state index contributed by atoms with van der Waals surface area (Å²) in [4.78, 5) is 3.92. The maximum atomic E-state index is 13.2. The first-order valence-electron chi connectivity index (χ1n) is 4.83. The van der Waals surface area contributed by atoms with Crippen LogP contribution < -0.4 is 0 Å². The summed E-state index contributed by atoms with van der Waals surface area (Å²) in [5.74, 6) is -0.556. The summed E-state index contributed by atoms with van der Waals surface area (Å²) in [5.41, 5.74) is 1.13. The average Bonchev–Trinajstić information content (AvgIpc) is 2.31. The molecule has 0 saturated heterocycles. The zero-order valence-electron chi connectivity index (χ0n) is 8.62. The Morgan fingerprint density at radius 2 is 1.88 bits per heavy atom. The first-order chi connectivity index (χ1) is 8.13. The third-order valence-corrected chi connectivity index (χ3v) is 2.95. The zero-order chi connectivity index (χ0) is 12.4. The fourth-order valence-corrected chi connectivity index (χ4v) is 2.07. The molecule has 2 rings (SSSR count). The van der Waals surface area contributed by atoms with E-state index >= 15 is 0 Å². The van der Waals surface area contributed by atoms with Crippen molar-refractivity contribution in [3.05, 3.63) is 51.9 Å². The number of pyridine rings is 1.